The highest BCUT2D eigenvalue weighted by molar-refractivity contribution is 6.34. The van der Waals surface area contributed by atoms with Crippen LogP contribution in [0.15, 0.2) is 42.5 Å². The van der Waals surface area contributed by atoms with Crippen molar-refractivity contribution in [2.24, 2.45) is 7.05 Å². The third-order valence-corrected chi connectivity index (χ3v) is 4.15. The first-order valence-corrected chi connectivity index (χ1v) is 7.16. The van der Waals surface area contributed by atoms with Crippen molar-refractivity contribution in [2.75, 3.05) is 4.90 Å². The lowest BCUT2D eigenvalue weighted by atomic mass is 10.1. The van der Waals surface area contributed by atoms with Gasteiger partial charge < -0.3 is 9.67 Å². The Morgan fingerprint density at radius 3 is 2.30 bits per heavy atom. The molecular formula is C17H13N3O3. The van der Waals surface area contributed by atoms with Gasteiger partial charge in [0.25, 0.3) is 11.8 Å². The maximum absolute atomic E-state index is 12.5. The molecule has 1 aromatic heterocycles. The summed E-state index contributed by atoms with van der Waals surface area (Å²) >= 11 is 0. The summed E-state index contributed by atoms with van der Waals surface area (Å²) < 4.78 is 1.78. The number of imidazole rings is 1. The Kier molecular flexibility index (Phi) is 2.82. The molecule has 2 heterocycles. The van der Waals surface area contributed by atoms with E-state index in [1.165, 1.54) is 0 Å². The van der Waals surface area contributed by atoms with Crippen molar-refractivity contribution < 1.29 is 14.7 Å². The Bertz CT molecular complexity index is 939. The van der Waals surface area contributed by atoms with Gasteiger partial charge in [0.15, 0.2) is 0 Å². The zero-order chi connectivity index (χ0) is 16.1. The van der Waals surface area contributed by atoms with Crippen LogP contribution in [0.5, 0.6) is 0 Å². The molecular weight excluding hydrogens is 294 g/mol. The van der Waals surface area contributed by atoms with E-state index in [-0.39, 0.29) is 18.4 Å². The number of fused-ring (bicyclic) bond motifs is 2. The van der Waals surface area contributed by atoms with Crippen molar-refractivity contribution in [1.82, 2.24) is 9.55 Å². The van der Waals surface area contributed by atoms with Gasteiger partial charge in [0.1, 0.15) is 12.4 Å². The molecule has 0 unspecified atom stereocenters. The van der Waals surface area contributed by atoms with E-state index >= 15 is 0 Å². The fourth-order valence-electron chi connectivity index (χ4n) is 2.94. The van der Waals surface area contributed by atoms with Crippen LogP contribution in [0.25, 0.3) is 11.0 Å². The van der Waals surface area contributed by atoms with E-state index in [9.17, 15) is 14.7 Å². The molecule has 114 valence electrons. The van der Waals surface area contributed by atoms with E-state index in [0.717, 1.165) is 10.4 Å². The number of hydrogen-bond acceptors (Lipinski definition) is 4. The maximum atomic E-state index is 12.5. The lowest BCUT2D eigenvalue weighted by Gasteiger charge is -2.13. The summed E-state index contributed by atoms with van der Waals surface area (Å²) in [5, 5.41) is 9.30. The van der Waals surface area contributed by atoms with Gasteiger partial charge in [-0.3, -0.25) is 9.59 Å². The highest BCUT2D eigenvalue weighted by Gasteiger charge is 2.36. The predicted octanol–water partition coefficient (Wildman–Crippen LogP) is 1.87. The molecule has 1 aliphatic heterocycles. The summed E-state index contributed by atoms with van der Waals surface area (Å²) in [5.74, 6) is -0.133. The number of aromatic nitrogens is 2. The van der Waals surface area contributed by atoms with Gasteiger partial charge >= 0.3 is 0 Å². The number of imide groups is 1. The molecule has 1 aliphatic rings. The van der Waals surface area contributed by atoms with Crippen molar-refractivity contribution in [1.29, 1.82) is 0 Å². The van der Waals surface area contributed by atoms with Crippen LogP contribution in [0.3, 0.4) is 0 Å². The van der Waals surface area contributed by atoms with E-state index in [0.29, 0.717) is 28.2 Å². The van der Waals surface area contributed by atoms with Crippen LogP contribution < -0.4 is 4.90 Å². The summed E-state index contributed by atoms with van der Waals surface area (Å²) in [4.78, 5) is 30.5. The zero-order valence-electron chi connectivity index (χ0n) is 12.4. The van der Waals surface area contributed by atoms with Crippen LogP contribution in [0.2, 0.25) is 0 Å². The van der Waals surface area contributed by atoms with Crippen LogP contribution in [0.4, 0.5) is 5.69 Å². The van der Waals surface area contributed by atoms with E-state index in [1.54, 1.807) is 47.0 Å². The van der Waals surface area contributed by atoms with Crippen LogP contribution in [-0.2, 0) is 13.7 Å². The number of carbonyl (C=O) groups excluding carboxylic acids is 2. The number of anilines is 1. The Morgan fingerprint density at radius 2 is 1.70 bits per heavy atom. The van der Waals surface area contributed by atoms with Gasteiger partial charge in [0.2, 0.25) is 0 Å². The van der Waals surface area contributed by atoms with Gasteiger partial charge in [-0.2, -0.15) is 0 Å². The average Bonchev–Trinajstić information content (AvgIpc) is 3.03. The standard InChI is InChI=1S/C17H13N3O3/c1-19-14-7-6-10(8-13(14)18-15(19)9-21)20-16(22)11-4-2-3-5-12(11)17(20)23/h2-8,21H,9H2,1H3. The zero-order valence-corrected chi connectivity index (χ0v) is 12.4. The molecule has 1 N–H and O–H groups in total. The third-order valence-electron chi connectivity index (χ3n) is 4.15. The number of carbonyl (C=O) groups is 2. The molecule has 6 nitrogen and oxygen atoms in total. The summed E-state index contributed by atoms with van der Waals surface area (Å²) in [6, 6.07) is 12.0. The van der Waals surface area contributed by atoms with Gasteiger partial charge in [0, 0.05) is 7.05 Å². The lowest BCUT2D eigenvalue weighted by molar-refractivity contribution is 0.0926. The Hall–Kier alpha value is -2.99. The summed E-state index contributed by atoms with van der Waals surface area (Å²) in [5.41, 5.74) is 2.76. The van der Waals surface area contributed by atoms with Crippen LogP contribution in [0.1, 0.15) is 26.5 Å². The smallest absolute Gasteiger partial charge is 0.266 e. The SMILES string of the molecule is Cn1c(CO)nc2cc(N3C(=O)c4ccccc4C3=O)ccc21. The minimum absolute atomic E-state index is 0.173. The molecule has 0 saturated carbocycles. The van der Waals surface area contributed by atoms with Gasteiger partial charge in [-0.15, -0.1) is 0 Å². The van der Waals surface area contributed by atoms with Gasteiger partial charge in [-0.05, 0) is 30.3 Å². The molecule has 4 rings (SSSR count). The number of benzene rings is 2. The summed E-state index contributed by atoms with van der Waals surface area (Å²) in [7, 11) is 1.81. The number of nitrogens with zero attached hydrogens (tertiary/aromatic N) is 3. The normalized spacial score (nSPS) is 13.9. The molecule has 0 atom stereocenters. The Balaban J connectivity index is 1.84. The molecule has 0 radical (unpaired) electrons. The van der Waals surface area contributed by atoms with Crippen molar-refractivity contribution in [3.05, 3.63) is 59.4 Å². The summed E-state index contributed by atoms with van der Waals surface area (Å²) in [6.07, 6.45) is 0. The minimum atomic E-state index is -0.330. The van der Waals surface area contributed by atoms with E-state index in [1.807, 2.05) is 7.05 Å². The minimum Gasteiger partial charge on any atom is -0.388 e. The second-order valence-corrected chi connectivity index (χ2v) is 5.41. The summed E-state index contributed by atoms with van der Waals surface area (Å²) in [6.45, 7) is -0.173. The Labute approximate surface area is 131 Å². The number of rotatable bonds is 2. The molecule has 3 aromatic rings. The fraction of sp³-hybridized carbons (Fsp3) is 0.118. The Morgan fingerprint density at radius 1 is 1.04 bits per heavy atom. The van der Waals surface area contributed by atoms with E-state index < -0.39 is 0 Å². The molecule has 6 heteroatoms. The molecule has 0 spiro atoms. The van der Waals surface area contributed by atoms with Gasteiger partial charge in [-0.25, -0.2) is 9.88 Å². The molecule has 0 aliphatic carbocycles. The van der Waals surface area contributed by atoms with Crippen molar-refractivity contribution in [3.63, 3.8) is 0 Å². The number of hydrogen-bond donors (Lipinski definition) is 1. The number of aryl methyl sites for hydroxylation is 1. The van der Waals surface area contributed by atoms with E-state index in [4.69, 9.17) is 0 Å². The van der Waals surface area contributed by atoms with Crippen LogP contribution in [-0.4, -0.2) is 26.5 Å². The topological polar surface area (TPSA) is 75.4 Å². The lowest BCUT2D eigenvalue weighted by Crippen LogP contribution is -2.29. The molecule has 0 bridgehead atoms. The fourth-order valence-corrected chi connectivity index (χ4v) is 2.94. The number of aliphatic hydroxyl groups is 1. The van der Waals surface area contributed by atoms with Gasteiger partial charge in [-0.1, -0.05) is 12.1 Å². The number of aliphatic hydroxyl groups excluding tert-OH is 1. The molecule has 0 fully saturated rings. The quantitative estimate of drug-likeness (QED) is 0.733. The monoisotopic (exact) mass is 307 g/mol. The van der Waals surface area contributed by atoms with Crippen molar-refractivity contribution in [2.45, 2.75) is 6.61 Å². The van der Waals surface area contributed by atoms with Gasteiger partial charge in [0.05, 0.1) is 27.8 Å². The highest BCUT2D eigenvalue weighted by atomic mass is 16.3. The second kappa shape index (κ2) is 4.76. The average molecular weight is 307 g/mol. The van der Waals surface area contributed by atoms with Crippen LogP contribution in [0, 0.1) is 0 Å². The molecule has 23 heavy (non-hydrogen) atoms. The van der Waals surface area contributed by atoms with Crippen molar-refractivity contribution in [3.8, 4) is 0 Å². The van der Waals surface area contributed by atoms with E-state index in [2.05, 4.69) is 4.98 Å². The predicted molar refractivity (Wildman–Crippen MR) is 84.2 cm³/mol. The largest absolute Gasteiger partial charge is 0.388 e. The maximum Gasteiger partial charge on any atom is 0.266 e. The third kappa shape index (κ3) is 1.82. The first-order valence-electron chi connectivity index (χ1n) is 7.16. The molecule has 0 saturated heterocycles. The van der Waals surface area contributed by atoms with Crippen molar-refractivity contribution >= 4 is 28.5 Å². The molecule has 2 amide bonds. The molecule has 2 aromatic carbocycles. The number of amides is 2. The first-order chi connectivity index (χ1) is 11.1. The highest BCUT2D eigenvalue weighted by Crippen LogP contribution is 2.30. The van der Waals surface area contributed by atoms with Crippen LogP contribution >= 0.6 is 0 Å². The first kappa shape index (κ1) is 13.7. The second-order valence-electron chi connectivity index (χ2n) is 5.41.